The maximum absolute atomic E-state index is 12.0. The Labute approximate surface area is 136 Å². The predicted molar refractivity (Wildman–Crippen MR) is 92.4 cm³/mol. The normalized spacial score (nSPS) is 11.1. The molecule has 0 saturated carbocycles. The summed E-state index contributed by atoms with van der Waals surface area (Å²) in [5.41, 5.74) is 0. The number of anilines is 1. The van der Waals surface area contributed by atoms with Crippen molar-refractivity contribution in [2.75, 3.05) is 5.32 Å². The van der Waals surface area contributed by atoms with Gasteiger partial charge in [-0.1, -0.05) is 6.07 Å². The average molecular weight is 329 g/mol. The number of carbonyl (C=O) groups is 1. The molecule has 0 unspecified atom stereocenters. The minimum Gasteiger partial charge on any atom is -0.307 e. The zero-order valence-electron chi connectivity index (χ0n) is 12.0. The maximum atomic E-state index is 12.0. The fraction of sp³-hybridized carbons (Fsp3) is 0.125. The van der Waals surface area contributed by atoms with Gasteiger partial charge in [0.2, 0.25) is 5.91 Å². The number of rotatable bonds is 5. The second-order valence-electron chi connectivity index (χ2n) is 4.72. The molecule has 0 aliphatic heterocycles. The highest BCUT2D eigenvalue weighted by Crippen LogP contribution is 2.17. The van der Waals surface area contributed by atoms with Crippen molar-refractivity contribution in [3.63, 3.8) is 0 Å². The van der Waals surface area contributed by atoms with Crippen molar-refractivity contribution in [1.29, 1.82) is 0 Å². The van der Waals surface area contributed by atoms with E-state index in [-0.39, 0.29) is 5.91 Å². The maximum Gasteiger partial charge on any atom is 0.249 e. The number of hydrogen-bond acceptors (Lipinski definition) is 4. The number of nitrogens with zero attached hydrogens (tertiary/aromatic N) is 2. The molecule has 0 radical (unpaired) electrons. The van der Waals surface area contributed by atoms with Crippen LogP contribution in [0.15, 0.2) is 48.0 Å². The minimum absolute atomic E-state index is 0.154. The number of nitrogens with one attached hydrogen (secondary N) is 1. The number of hydrogen-bond donors (Lipinski definition) is 1. The van der Waals surface area contributed by atoms with Crippen molar-refractivity contribution in [2.45, 2.75) is 13.5 Å². The Morgan fingerprint density at radius 2 is 2.27 bits per heavy atom. The van der Waals surface area contributed by atoms with E-state index in [0.29, 0.717) is 12.4 Å². The first-order valence-corrected chi connectivity index (χ1v) is 8.50. The summed E-state index contributed by atoms with van der Waals surface area (Å²) in [4.78, 5) is 15.5. The number of aromatic nitrogens is 2. The molecule has 0 aromatic carbocycles. The van der Waals surface area contributed by atoms with Crippen molar-refractivity contribution in [2.24, 2.45) is 0 Å². The van der Waals surface area contributed by atoms with Crippen molar-refractivity contribution in [3.8, 4) is 0 Å². The Balaban J connectivity index is 1.64. The molecule has 1 amide bonds. The highest BCUT2D eigenvalue weighted by Gasteiger charge is 2.06. The Morgan fingerprint density at radius 3 is 3.00 bits per heavy atom. The third-order valence-electron chi connectivity index (χ3n) is 3.01. The smallest absolute Gasteiger partial charge is 0.249 e. The number of carbonyl (C=O) groups excluding carboxylic acids is 1. The first-order chi connectivity index (χ1) is 10.7. The lowest BCUT2D eigenvalue weighted by atomic mass is 10.4. The molecule has 0 aliphatic carbocycles. The van der Waals surface area contributed by atoms with E-state index in [1.165, 1.54) is 9.75 Å². The standard InChI is InChI=1S/C16H15N3OS2/c1-12-4-5-13(22-12)6-7-16(20)18-15-8-9-17-19(15)11-14-3-2-10-21-14/h2-10H,11H2,1H3,(H,18,20)/b7-6+. The summed E-state index contributed by atoms with van der Waals surface area (Å²) >= 11 is 3.33. The molecule has 4 nitrogen and oxygen atoms in total. The van der Waals surface area contributed by atoms with Crippen LogP contribution in [-0.2, 0) is 11.3 Å². The summed E-state index contributed by atoms with van der Waals surface area (Å²) in [7, 11) is 0. The predicted octanol–water partition coefficient (Wildman–Crippen LogP) is 4.01. The van der Waals surface area contributed by atoms with Gasteiger partial charge >= 0.3 is 0 Å². The van der Waals surface area contributed by atoms with Gasteiger partial charge in [-0.3, -0.25) is 4.79 Å². The highest BCUT2D eigenvalue weighted by molar-refractivity contribution is 7.12. The van der Waals surface area contributed by atoms with Gasteiger partial charge in [-0.25, -0.2) is 4.68 Å². The summed E-state index contributed by atoms with van der Waals surface area (Å²) in [6.45, 7) is 2.71. The topological polar surface area (TPSA) is 46.9 Å². The van der Waals surface area contributed by atoms with E-state index in [1.807, 2.05) is 36.6 Å². The van der Waals surface area contributed by atoms with Gasteiger partial charge in [0, 0.05) is 26.8 Å². The third kappa shape index (κ3) is 3.72. The lowest BCUT2D eigenvalue weighted by molar-refractivity contribution is -0.111. The largest absolute Gasteiger partial charge is 0.307 e. The van der Waals surface area contributed by atoms with Gasteiger partial charge in [-0.15, -0.1) is 22.7 Å². The fourth-order valence-electron chi connectivity index (χ4n) is 1.98. The molecule has 0 atom stereocenters. The van der Waals surface area contributed by atoms with E-state index < -0.39 is 0 Å². The second-order valence-corrected chi connectivity index (χ2v) is 7.08. The Morgan fingerprint density at radius 1 is 1.36 bits per heavy atom. The first-order valence-electron chi connectivity index (χ1n) is 6.80. The van der Waals surface area contributed by atoms with Crippen LogP contribution in [-0.4, -0.2) is 15.7 Å². The molecule has 1 N–H and O–H groups in total. The van der Waals surface area contributed by atoms with Gasteiger partial charge in [0.15, 0.2) is 0 Å². The van der Waals surface area contributed by atoms with Gasteiger partial charge < -0.3 is 5.32 Å². The molecule has 6 heteroatoms. The molecule has 3 aromatic heterocycles. The molecule has 0 spiro atoms. The van der Waals surface area contributed by atoms with Crippen LogP contribution in [0, 0.1) is 6.92 Å². The van der Waals surface area contributed by atoms with Crippen LogP contribution in [0.25, 0.3) is 6.08 Å². The molecule has 112 valence electrons. The molecule has 22 heavy (non-hydrogen) atoms. The molecule has 3 aromatic rings. The summed E-state index contributed by atoms with van der Waals surface area (Å²) in [5.74, 6) is 0.546. The van der Waals surface area contributed by atoms with E-state index in [9.17, 15) is 4.79 Å². The van der Waals surface area contributed by atoms with Gasteiger partial charge in [0.1, 0.15) is 5.82 Å². The molecular weight excluding hydrogens is 314 g/mol. The zero-order chi connectivity index (χ0) is 15.4. The molecule has 3 rings (SSSR count). The Hall–Kier alpha value is -2.18. The SMILES string of the molecule is Cc1ccc(/C=C/C(=O)Nc2ccnn2Cc2cccs2)s1. The average Bonchev–Trinajstić information content (AvgIpc) is 3.22. The number of aryl methyl sites for hydroxylation is 1. The summed E-state index contributed by atoms with van der Waals surface area (Å²) in [6, 6.07) is 9.91. The van der Waals surface area contributed by atoms with E-state index in [0.717, 1.165) is 4.88 Å². The van der Waals surface area contributed by atoms with Crippen LogP contribution < -0.4 is 5.32 Å². The summed E-state index contributed by atoms with van der Waals surface area (Å²) in [5, 5.41) is 9.15. The van der Waals surface area contributed by atoms with Gasteiger partial charge in [-0.2, -0.15) is 5.10 Å². The molecule has 0 bridgehead atoms. The van der Waals surface area contributed by atoms with E-state index in [1.54, 1.807) is 45.7 Å². The number of thiophene rings is 2. The third-order valence-corrected chi connectivity index (χ3v) is 4.84. The van der Waals surface area contributed by atoms with Crippen molar-refractivity contribution in [3.05, 3.63) is 62.6 Å². The molecule has 0 fully saturated rings. The van der Waals surface area contributed by atoms with Crippen LogP contribution in [0.5, 0.6) is 0 Å². The zero-order valence-corrected chi connectivity index (χ0v) is 13.7. The van der Waals surface area contributed by atoms with Crippen LogP contribution in [0.1, 0.15) is 14.6 Å². The Kier molecular flexibility index (Phi) is 4.50. The summed E-state index contributed by atoms with van der Waals surface area (Å²) < 4.78 is 1.78. The minimum atomic E-state index is -0.154. The van der Waals surface area contributed by atoms with Gasteiger partial charge in [-0.05, 0) is 36.6 Å². The molecule has 0 saturated heterocycles. The fourth-order valence-corrected chi connectivity index (χ4v) is 3.45. The van der Waals surface area contributed by atoms with Crippen molar-refractivity contribution in [1.82, 2.24) is 9.78 Å². The first kappa shape index (κ1) is 14.7. The van der Waals surface area contributed by atoms with E-state index >= 15 is 0 Å². The second kappa shape index (κ2) is 6.72. The summed E-state index contributed by atoms with van der Waals surface area (Å²) in [6.07, 6.45) is 5.07. The van der Waals surface area contributed by atoms with E-state index in [4.69, 9.17) is 0 Å². The van der Waals surface area contributed by atoms with Crippen LogP contribution in [0.2, 0.25) is 0 Å². The van der Waals surface area contributed by atoms with Crippen LogP contribution >= 0.6 is 22.7 Å². The van der Waals surface area contributed by atoms with Crippen LogP contribution in [0.3, 0.4) is 0 Å². The Bertz CT molecular complexity index is 784. The molecule has 3 heterocycles. The van der Waals surface area contributed by atoms with Crippen molar-refractivity contribution < 1.29 is 4.79 Å². The van der Waals surface area contributed by atoms with Crippen LogP contribution in [0.4, 0.5) is 5.82 Å². The van der Waals surface area contributed by atoms with E-state index in [2.05, 4.69) is 16.5 Å². The van der Waals surface area contributed by atoms with Gasteiger partial charge in [0.05, 0.1) is 12.7 Å². The molecule has 0 aliphatic rings. The lowest BCUT2D eigenvalue weighted by Gasteiger charge is -2.06. The molecular formula is C16H15N3OS2. The quantitative estimate of drug-likeness (QED) is 0.719. The highest BCUT2D eigenvalue weighted by atomic mass is 32.1. The van der Waals surface area contributed by atoms with Gasteiger partial charge in [0.25, 0.3) is 0 Å². The monoisotopic (exact) mass is 329 g/mol. The van der Waals surface area contributed by atoms with Crippen molar-refractivity contribution >= 4 is 40.5 Å². The number of amides is 1. The lowest BCUT2D eigenvalue weighted by Crippen LogP contribution is -2.13.